The van der Waals surface area contributed by atoms with Gasteiger partial charge in [-0.1, -0.05) is 78.9 Å². The van der Waals surface area contributed by atoms with Gasteiger partial charge in [-0.3, -0.25) is 14.4 Å². The highest BCUT2D eigenvalue weighted by Crippen LogP contribution is 2.23. The van der Waals surface area contributed by atoms with Gasteiger partial charge in [0.1, 0.15) is 5.70 Å². The monoisotopic (exact) mass is 522 g/mol. The molecule has 0 aromatic heterocycles. The number of hydrogen-bond acceptors (Lipinski definition) is 5. The van der Waals surface area contributed by atoms with Gasteiger partial charge in [-0.05, 0) is 53.1 Å². The number of esters is 1. The summed E-state index contributed by atoms with van der Waals surface area (Å²) in [6.45, 7) is 0. The Morgan fingerprint density at radius 1 is 0.789 bits per heavy atom. The Morgan fingerprint density at radius 3 is 2.13 bits per heavy atom. The van der Waals surface area contributed by atoms with Gasteiger partial charge in [0, 0.05) is 16.1 Å². The molecule has 0 radical (unpaired) electrons. The van der Waals surface area contributed by atoms with E-state index in [9.17, 15) is 14.4 Å². The van der Waals surface area contributed by atoms with Crippen molar-refractivity contribution in [3.8, 4) is 11.1 Å². The number of carbonyl (C=O) groups is 3. The van der Waals surface area contributed by atoms with Crippen molar-refractivity contribution in [2.24, 2.45) is 0 Å². The molecule has 0 bridgehead atoms. The molecule has 4 aromatic carbocycles. The van der Waals surface area contributed by atoms with Gasteiger partial charge >= 0.3 is 5.97 Å². The van der Waals surface area contributed by atoms with Crippen LogP contribution >= 0.6 is 11.8 Å². The van der Waals surface area contributed by atoms with Crippen LogP contribution in [0, 0.1) is 0 Å². The summed E-state index contributed by atoms with van der Waals surface area (Å²) in [4.78, 5) is 38.5. The molecule has 4 rings (SSSR count). The van der Waals surface area contributed by atoms with Crippen LogP contribution < -0.4 is 10.6 Å². The smallest absolute Gasteiger partial charge is 0.315 e. The third-order valence-corrected chi connectivity index (χ3v) is 6.50. The number of amides is 2. The number of thioether (sulfide) groups is 1. The van der Waals surface area contributed by atoms with Gasteiger partial charge in [-0.25, -0.2) is 0 Å². The number of anilines is 1. The van der Waals surface area contributed by atoms with E-state index in [1.807, 2.05) is 66.7 Å². The summed E-state index contributed by atoms with van der Waals surface area (Å²) < 4.78 is 4.68. The number of hydrogen-bond donors (Lipinski definition) is 2. The predicted molar refractivity (Wildman–Crippen MR) is 152 cm³/mol. The highest BCUT2D eigenvalue weighted by atomic mass is 32.2. The van der Waals surface area contributed by atoms with Gasteiger partial charge in [0.15, 0.2) is 0 Å². The van der Waals surface area contributed by atoms with E-state index in [-0.39, 0.29) is 17.4 Å². The first-order chi connectivity index (χ1) is 18.5. The van der Waals surface area contributed by atoms with Crippen LogP contribution in [0.5, 0.6) is 0 Å². The van der Waals surface area contributed by atoms with Crippen molar-refractivity contribution in [2.45, 2.75) is 4.90 Å². The zero-order valence-corrected chi connectivity index (χ0v) is 21.5. The minimum atomic E-state index is -0.475. The van der Waals surface area contributed by atoms with Crippen LogP contribution in [0.25, 0.3) is 17.2 Å². The van der Waals surface area contributed by atoms with E-state index >= 15 is 0 Å². The van der Waals surface area contributed by atoms with E-state index in [1.54, 1.807) is 48.5 Å². The van der Waals surface area contributed by atoms with Gasteiger partial charge < -0.3 is 15.4 Å². The van der Waals surface area contributed by atoms with Crippen LogP contribution in [0.2, 0.25) is 0 Å². The van der Waals surface area contributed by atoms with Crippen molar-refractivity contribution in [3.63, 3.8) is 0 Å². The second-order valence-electron chi connectivity index (χ2n) is 8.21. The average molecular weight is 523 g/mol. The molecule has 2 N–H and O–H groups in total. The fourth-order valence-corrected chi connectivity index (χ4v) is 4.36. The molecule has 190 valence electrons. The van der Waals surface area contributed by atoms with E-state index in [1.165, 1.54) is 18.9 Å². The lowest BCUT2D eigenvalue weighted by Gasteiger charge is -2.12. The average Bonchev–Trinajstić information content (AvgIpc) is 2.97. The quantitative estimate of drug-likeness (QED) is 0.159. The van der Waals surface area contributed by atoms with Gasteiger partial charge in [0.05, 0.1) is 12.9 Å². The molecule has 2 amide bonds. The number of rotatable bonds is 9. The van der Waals surface area contributed by atoms with E-state index in [4.69, 9.17) is 0 Å². The van der Waals surface area contributed by atoms with Crippen molar-refractivity contribution < 1.29 is 19.1 Å². The van der Waals surface area contributed by atoms with Crippen LogP contribution in [-0.2, 0) is 14.3 Å². The molecule has 0 unspecified atom stereocenters. The lowest BCUT2D eigenvalue weighted by Crippen LogP contribution is -2.30. The molecule has 0 spiro atoms. The summed E-state index contributed by atoms with van der Waals surface area (Å²) in [5, 5.41) is 5.60. The number of carbonyl (C=O) groups excluding carboxylic acids is 3. The number of ether oxygens (including phenoxy) is 1. The molecular formula is C31H26N2O4S. The summed E-state index contributed by atoms with van der Waals surface area (Å²) in [5.41, 5.74) is 3.95. The van der Waals surface area contributed by atoms with E-state index < -0.39 is 11.8 Å². The Bertz CT molecular complexity index is 1440. The second-order valence-corrected chi connectivity index (χ2v) is 9.26. The Morgan fingerprint density at radius 2 is 1.45 bits per heavy atom. The van der Waals surface area contributed by atoms with Crippen molar-refractivity contribution in [2.75, 3.05) is 18.2 Å². The van der Waals surface area contributed by atoms with Crippen LogP contribution in [0.3, 0.4) is 0 Å². The zero-order valence-electron chi connectivity index (χ0n) is 20.7. The van der Waals surface area contributed by atoms with Gasteiger partial charge in [0.25, 0.3) is 11.8 Å². The molecule has 7 heteroatoms. The van der Waals surface area contributed by atoms with Crippen molar-refractivity contribution in [3.05, 3.63) is 126 Å². The fraction of sp³-hybridized carbons (Fsp3) is 0.0645. The maximum Gasteiger partial charge on any atom is 0.315 e. The normalized spacial score (nSPS) is 10.9. The van der Waals surface area contributed by atoms with Gasteiger partial charge in [-0.2, -0.15) is 0 Å². The highest BCUT2D eigenvalue weighted by Gasteiger charge is 2.15. The highest BCUT2D eigenvalue weighted by molar-refractivity contribution is 8.00. The van der Waals surface area contributed by atoms with E-state index in [2.05, 4.69) is 15.4 Å². The SMILES string of the molecule is COC(=O)CSc1cccc(NC(=O)/C(=C\c2ccc(-c3ccccc3)cc2)NC(=O)c2ccccc2)c1. The van der Waals surface area contributed by atoms with Crippen LogP contribution in [-0.4, -0.2) is 30.6 Å². The molecule has 38 heavy (non-hydrogen) atoms. The molecule has 0 saturated heterocycles. The minimum absolute atomic E-state index is 0.0962. The molecule has 0 fully saturated rings. The Hall–Kier alpha value is -4.62. The topological polar surface area (TPSA) is 84.5 Å². The lowest BCUT2D eigenvalue weighted by molar-refractivity contribution is -0.137. The van der Waals surface area contributed by atoms with Crippen molar-refractivity contribution >= 4 is 41.3 Å². The first-order valence-electron chi connectivity index (χ1n) is 11.9. The molecular weight excluding hydrogens is 496 g/mol. The molecule has 0 aliphatic carbocycles. The summed E-state index contributed by atoms with van der Waals surface area (Å²) in [7, 11) is 1.34. The largest absolute Gasteiger partial charge is 0.468 e. The van der Waals surface area contributed by atoms with Crippen LogP contribution in [0.1, 0.15) is 15.9 Å². The van der Waals surface area contributed by atoms with E-state index in [0.717, 1.165) is 21.6 Å². The predicted octanol–water partition coefficient (Wildman–Crippen LogP) is 6.03. The number of nitrogens with one attached hydrogen (secondary N) is 2. The molecule has 6 nitrogen and oxygen atoms in total. The zero-order chi connectivity index (χ0) is 26.7. The lowest BCUT2D eigenvalue weighted by atomic mass is 10.0. The minimum Gasteiger partial charge on any atom is -0.468 e. The number of benzene rings is 4. The summed E-state index contributed by atoms with van der Waals surface area (Å²) in [5.74, 6) is -1.05. The third-order valence-electron chi connectivity index (χ3n) is 5.53. The summed E-state index contributed by atoms with van der Waals surface area (Å²) in [6, 6.07) is 33.5. The molecule has 0 aliphatic rings. The first-order valence-corrected chi connectivity index (χ1v) is 12.8. The van der Waals surface area contributed by atoms with Crippen LogP contribution in [0.4, 0.5) is 5.69 Å². The fourth-order valence-electron chi connectivity index (χ4n) is 3.57. The van der Waals surface area contributed by atoms with Crippen molar-refractivity contribution in [1.82, 2.24) is 5.32 Å². The Labute approximate surface area is 225 Å². The molecule has 4 aromatic rings. The number of methoxy groups -OCH3 is 1. The Balaban J connectivity index is 1.57. The maximum absolute atomic E-state index is 13.3. The first kappa shape index (κ1) is 26.4. The Kier molecular flexibility index (Phi) is 9.10. The van der Waals surface area contributed by atoms with Gasteiger partial charge in [-0.15, -0.1) is 11.8 Å². The van der Waals surface area contributed by atoms with Gasteiger partial charge in [0.2, 0.25) is 0 Å². The molecule has 0 atom stereocenters. The third kappa shape index (κ3) is 7.44. The second kappa shape index (κ2) is 13.1. The molecule has 0 heterocycles. The summed E-state index contributed by atoms with van der Waals surface area (Å²) in [6.07, 6.45) is 1.64. The van der Waals surface area contributed by atoms with Crippen molar-refractivity contribution in [1.29, 1.82) is 0 Å². The standard InChI is InChI=1S/C31H26N2O4S/c1-37-29(34)21-38-27-14-8-13-26(20-27)32-31(36)28(33-30(35)25-11-6-3-7-12-25)19-22-15-17-24(18-16-22)23-9-4-2-5-10-23/h2-20H,21H2,1H3,(H,32,36)(H,33,35)/b28-19+. The maximum atomic E-state index is 13.3. The van der Waals surface area contributed by atoms with Crippen LogP contribution in [0.15, 0.2) is 120 Å². The van der Waals surface area contributed by atoms with E-state index in [0.29, 0.717) is 11.3 Å². The summed E-state index contributed by atoms with van der Waals surface area (Å²) >= 11 is 1.30. The molecule has 0 saturated carbocycles. The molecule has 0 aliphatic heterocycles.